The smallest absolute Gasteiger partial charge is 0.131 e. The summed E-state index contributed by atoms with van der Waals surface area (Å²) in [6.45, 7) is 7.70. The molecule has 1 fully saturated rings. The number of hydrogen-bond donors (Lipinski definition) is 1. The predicted octanol–water partition coefficient (Wildman–Crippen LogP) is 8.47. The number of unbranched alkanes of at least 4 members (excludes halogenated alkanes) is 3. The lowest BCUT2D eigenvalue weighted by molar-refractivity contribution is -0.106. The molecule has 0 unspecified atom stereocenters. The summed E-state index contributed by atoms with van der Waals surface area (Å²) in [5.74, 6) is -0.0834. The van der Waals surface area contributed by atoms with Crippen molar-refractivity contribution in [1.29, 1.82) is 0 Å². The SMILES string of the molecule is C1CCCC1.CC=O.CCCCOC.CNCCCCCc1cccc(F)c1C1=CCCC(C)=C1. The van der Waals surface area contributed by atoms with Crippen molar-refractivity contribution in [3.05, 3.63) is 52.9 Å². The van der Waals surface area contributed by atoms with E-state index < -0.39 is 0 Å². The zero-order valence-corrected chi connectivity index (χ0v) is 23.3. The van der Waals surface area contributed by atoms with Crippen molar-refractivity contribution < 1.29 is 13.9 Å². The van der Waals surface area contributed by atoms with Crippen LogP contribution in [0.3, 0.4) is 0 Å². The van der Waals surface area contributed by atoms with E-state index in [0.29, 0.717) is 0 Å². The number of ether oxygens (including phenoxy) is 1. The highest BCUT2D eigenvalue weighted by atomic mass is 19.1. The maximum atomic E-state index is 14.3. The molecule has 35 heavy (non-hydrogen) atoms. The summed E-state index contributed by atoms with van der Waals surface area (Å²) in [5.41, 5.74) is 4.39. The van der Waals surface area contributed by atoms with Crippen LogP contribution in [0.1, 0.15) is 109 Å². The molecule has 0 saturated heterocycles. The summed E-state index contributed by atoms with van der Waals surface area (Å²) in [4.78, 5) is 8.81. The number of methoxy groups -OCH3 is 1. The highest BCUT2D eigenvalue weighted by Gasteiger charge is 2.13. The van der Waals surface area contributed by atoms with Gasteiger partial charge < -0.3 is 14.8 Å². The lowest BCUT2D eigenvalue weighted by Gasteiger charge is -2.16. The molecule has 1 aromatic carbocycles. The van der Waals surface area contributed by atoms with E-state index in [4.69, 9.17) is 9.53 Å². The highest BCUT2D eigenvalue weighted by molar-refractivity contribution is 5.77. The second-order valence-electron chi connectivity index (χ2n) is 9.23. The first-order valence-electron chi connectivity index (χ1n) is 13.7. The first-order valence-corrected chi connectivity index (χ1v) is 13.7. The molecule has 200 valence electrons. The van der Waals surface area contributed by atoms with Gasteiger partial charge in [-0.05, 0) is 83.2 Å². The van der Waals surface area contributed by atoms with Crippen molar-refractivity contribution in [3.63, 3.8) is 0 Å². The van der Waals surface area contributed by atoms with Crippen molar-refractivity contribution in [2.24, 2.45) is 0 Å². The maximum Gasteiger partial charge on any atom is 0.131 e. The van der Waals surface area contributed by atoms with Crippen LogP contribution in [-0.2, 0) is 16.0 Å². The Balaban J connectivity index is 0.000000671. The number of carbonyl (C=O) groups is 1. The van der Waals surface area contributed by atoms with Gasteiger partial charge in [-0.3, -0.25) is 0 Å². The molecule has 0 radical (unpaired) electrons. The van der Waals surface area contributed by atoms with E-state index in [1.165, 1.54) is 70.3 Å². The number of aldehydes is 1. The summed E-state index contributed by atoms with van der Waals surface area (Å²) >= 11 is 0. The average Bonchev–Trinajstić information content (AvgIpc) is 3.44. The predicted molar refractivity (Wildman–Crippen MR) is 150 cm³/mol. The Morgan fingerprint density at radius 1 is 1.06 bits per heavy atom. The van der Waals surface area contributed by atoms with Gasteiger partial charge in [0, 0.05) is 19.3 Å². The van der Waals surface area contributed by atoms with Gasteiger partial charge in [0.05, 0.1) is 0 Å². The molecule has 0 amide bonds. The molecule has 4 heteroatoms. The van der Waals surface area contributed by atoms with E-state index in [9.17, 15) is 4.39 Å². The Morgan fingerprint density at radius 3 is 2.23 bits per heavy atom. The number of hydrogen-bond acceptors (Lipinski definition) is 3. The van der Waals surface area contributed by atoms with Crippen LogP contribution in [0.5, 0.6) is 0 Å². The van der Waals surface area contributed by atoms with Gasteiger partial charge in [0.25, 0.3) is 0 Å². The Morgan fingerprint density at radius 2 is 1.71 bits per heavy atom. The van der Waals surface area contributed by atoms with Gasteiger partial charge in [0.2, 0.25) is 0 Å². The minimum atomic E-state index is -0.0834. The van der Waals surface area contributed by atoms with Gasteiger partial charge in [0.1, 0.15) is 12.1 Å². The standard InChI is InChI=1S/C19H26FN.C5H12O.C5H10.C2H4O/c1-15-8-6-11-17(14-15)19-16(10-7-12-18(19)20)9-4-3-5-13-21-2;1-3-4-5-6-2;1-2-4-5-3-1;1-2-3/h7,10-12,14,21H,3-6,8-9,13H2,1-2H3;3-5H2,1-2H3;1-5H2;2H,1H3. The zero-order chi connectivity index (χ0) is 26.2. The van der Waals surface area contributed by atoms with Crippen molar-refractivity contribution >= 4 is 11.9 Å². The molecule has 3 rings (SSSR count). The molecule has 1 N–H and O–H groups in total. The second kappa shape index (κ2) is 23.9. The molecule has 1 aromatic rings. The Kier molecular flexibility index (Phi) is 22.7. The van der Waals surface area contributed by atoms with Gasteiger partial charge >= 0.3 is 0 Å². The van der Waals surface area contributed by atoms with Crippen molar-refractivity contribution in [2.75, 3.05) is 27.3 Å². The third-order valence-electron chi connectivity index (χ3n) is 6.02. The number of carbonyl (C=O) groups excluding carboxylic acids is 1. The number of benzene rings is 1. The molecular weight excluding hydrogens is 437 g/mol. The van der Waals surface area contributed by atoms with Crippen molar-refractivity contribution in [1.82, 2.24) is 5.32 Å². The van der Waals surface area contributed by atoms with Crippen LogP contribution in [0.25, 0.3) is 5.57 Å². The fraction of sp³-hybridized carbons (Fsp3) is 0.645. The van der Waals surface area contributed by atoms with Crippen LogP contribution in [0.2, 0.25) is 0 Å². The van der Waals surface area contributed by atoms with Crippen LogP contribution in [0.4, 0.5) is 4.39 Å². The average molecular weight is 490 g/mol. The normalized spacial score (nSPS) is 14.2. The Labute approximate surface area is 215 Å². The maximum absolute atomic E-state index is 14.3. The van der Waals surface area contributed by atoms with E-state index >= 15 is 0 Å². The van der Waals surface area contributed by atoms with Crippen LogP contribution < -0.4 is 5.32 Å². The molecular formula is C31H52FNO2. The lowest BCUT2D eigenvalue weighted by atomic mass is 9.90. The van der Waals surface area contributed by atoms with Gasteiger partial charge in [-0.15, -0.1) is 0 Å². The summed E-state index contributed by atoms with van der Waals surface area (Å²) in [6.07, 6.45) is 21.6. The topological polar surface area (TPSA) is 38.3 Å². The molecule has 0 aliphatic heterocycles. The third-order valence-corrected chi connectivity index (χ3v) is 6.02. The van der Waals surface area contributed by atoms with Gasteiger partial charge in [0.15, 0.2) is 0 Å². The fourth-order valence-corrected chi connectivity index (χ4v) is 4.09. The number of nitrogens with one attached hydrogen (secondary N) is 1. The van der Waals surface area contributed by atoms with E-state index in [2.05, 4.69) is 37.4 Å². The Bertz CT molecular complexity index is 696. The van der Waals surface area contributed by atoms with Gasteiger partial charge in [-0.1, -0.05) is 81.7 Å². The van der Waals surface area contributed by atoms with Crippen molar-refractivity contribution in [3.8, 4) is 0 Å². The van der Waals surface area contributed by atoms with E-state index in [0.717, 1.165) is 61.8 Å². The molecule has 0 aromatic heterocycles. The molecule has 0 spiro atoms. The second-order valence-corrected chi connectivity index (χ2v) is 9.23. The van der Waals surface area contributed by atoms with E-state index in [1.54, 1.807) is 13.2 Å². The van der Waals surface area contributed by atoms with Crippen molar-refractivity contribution in [2.45, 2.75) is 104 Å². The first-order chi connectivity index (χ1) is 17.0. The van der Waals surface area contributed by atoms with E-state index in [1.807, 2.05) is 13.1 Å². The summed E-state index contributed by atoms with van der Waals surface area (Å²) in [7, 11) is 3.71. The quantitative estimate of drug-likeness (QED) is 0.264. The molecule has 2 aliphatic rings. The molecule has 0 atom stereocenters. The van der Waals surface area contributed by atoms with Crippen LogP contribution >= 0.6 is 0 Å². The molecule has 1 saturated carbocycles. The number of rotatable bonds is 10. The third kappa shape index (κ3) is 17.3. The molecule has 2 aliphatic carbocycles. The summed E-state index contributed by atoms with van der Waals surface area (Å²) in [5, 5.41) is 3.17. The summed E-state index contributed by atoms with van der Waals surface area (Å²) < 4.78 is 19.1. The minimum Gasteiger partial charge on any atom is -0.385 e. The zero-order valence-electron chi connectivity index (χ0n) is 23.3. The van der Waals surface area contributed by atoms with Gasteiger partial charge in [-0.25, -0.2) is 4.39 Å². The van der Waals surface area contributed by atoms with E-state index in [-0.39, 0.29) is 5.82 Å². The molecule has 3 nitrogen and oxygen atoms in total. The van der Waals surface area contributed by atoms with Crippen LogP contribution in [0, 0.1) is 5.82 Å². The number of allylic oxidation sites excluding steroid dienone is 4. The number of halogens is 1. The Hall–Kier alpha value is -1.78. The van der Waals surface area contributed by atoms with Crippen LogP contribution in [-0.4, -0.2) is 33.6 Å². The minimum absolute atomic E-state index is 0.0834. The highest BCUT2D eigenvalue weighted by Crippen LogP contribution is 2.30. The largest absolute Gasteiger partial charge is 0.385 e. The fourth-order valence-electron chi connectivity index (χ4n) is 4.09. The summed E-state index contributed by atoms with van der Waals surface area (Å²) in [6, 6.07) is 5.50. The first kappa shape index (κ1) is 33.2. The lowest BCUT2D eigenvalue weighted by Crippen LogP contribution is -2.07. The monoisotopic (exact) mass is 489 g/mol. The molecule has 0 heterocycles. The van der Waals surface area contributed by atoms with Gasteiger partial charge in [-0.2, -0.15) is 0 Å². The van der Waals surface area contributed by atoms with Crippen LogP contribution in [0.15, 0.2) is 35.9 Å². The number of aryl methyl sites for hydroxylation is 1. The molecule has 0 bridgehead atoms.